The van der Waals surface area contributed by atoms with E-state index in [1.807, 2.05) is 0 Å². The van der Waals surface area contributed by atoms with Gasteiger partial charge in [0.1, 0.15) is 12.2 Å². The molecule has 7 heteroatoms. The first-order valence-electron chi connectivity index (χ1n) is 20.0. The normalized spacial score (nSPS) is 31.4. The molecule has 3 fully saturated rings. The van der Waals surface area contributed by atoms with E-state index in [1.54, 1.807) is 11.1 Å². The lowest BCUT2D eigenvalue weighted by molar-refractivity contribution is -0.220. The molecule has 4 aliphatic rings. The van der Waals surface area contributed by atoms with Gasteiger partial charge in [0.2, 0.25) is 0 Å². The fourth-order valence-corrected chi connectivity index (χ4v) is 11.2. The average Bonchev–Trinajstić information content (AvgIpc) is 3.19. The molecule has 3 saturated carbocycles. The first-order chi connectivity index (χ1) is 23.0. The summed E-state index contributed by atoms with van der Waals surface area (Å²) in [7, 11) is -4.58. The van der Waals surface area contributed by atoms with Crippen LogP contribution in [0.5, 0.6) is 0 Å². The minimum atomic E-state index is -2.37. The third kappa shape index (κ3) is 9.27. The monoisotopic (exact) mass is 727 g/mol. The van der Waals surface area contributed by atoms with Crippen molar-refractivity contribution in [1.29, 1.82) is 0 Å². The Kier molecular flexibility index (Phi) is 12.6. The van der Waals surface area contributed by atoms with Gasteiger partial charge in [-0.3, -0.25) is 0 Å². The average molecular weight is 727 g/mol. The van der Waals surface area contributed by atoms with Crippen molar-refractivity contribution in [1.82, 2.24) is 0 Å². The summed E-state index contributed by atoms with van der Waals surface area (Å²) in [6, 6.07) is 0. The van der Waals surface area contributed by atoms with Crippen molar-refractivity contribution in [2.24, 2.45) is 11.3 Å². The van der Waals surface area contributed by atoms with E-state index in [-0.39, 0.29) is 34.2 Å². The Morgan fingerprint density at radius 2 is 1.54 bits per heavy atom. The summed E-state index contributed by atoms with van der Waals surface area (Å²) in [5.41, 5.74) is 5.15. The molecular weight excluding hydrogens is 653 g/mol. The topological polar surface area (TPSA) is 54.0 Å². The van der Waals surface area contributed by atoms with Gasteiger partial charge in [0, 0.05) is 12.8 Å². The van der Waals surface area contributed by atoms with Gasteiger partial charge < -0.3 is 18.3 Å². The molecule has 0 aliphatic heterocycles. The fourth-order valence-electron chi connectivity index (χ4n) is 8.47. The molecule has 0 amide bonds. The van der Waals surface area contributed by atoms with Gasteiger partial charge in [0.15, 0.2) is 22.4 Å². The molecule has 0 saturated heterocycles. The van der Waals surface area contributed by atoms with Crippen LogP contribution in [0.2, 0.25) is 36.3 Å². The van der Waals surface area contributed by atoms with E-state index in [4.69, 9.17) is 24.9 Å². The van der Waals surface area contributed by atoms with E-state index in [1.165, 1.54) is 25.7 Å². The minimum absolute atomic E-state index is 0.0252. The third-order valence-electron chi connectivity index (χ3n) is 13.8. The zero-order valence-corrected chi connectivity index (χ0v) is 36.5. The van der Waals surface area contributed by atoms with Gasteiger partial charge in [0.25, 0.3) is 0 Å². The summed E-state index contributed by atoms with van der Waals surface area (Å²) in [6.07, 6.45) is 20.3. The third-order valence-corrected chi connectivity index (χ3v) is 22.8. The second-order valence-electron chi connectivity index (χ2n) is 19.7. The van der Waals surface area contributed by atoms with Crippen LogP contribution in [0.25, 0.3) is 0 Å². The predicted molar refractivity (Wildman–Crippen MR) is 214 cm³/mol. The minimum Gasteiger partial charge on any atom is -0.458 e. The maximum Gasteiger partial charge on any atom is 0.332 e. The highest BCUT2D eigenvalue weighted by atomic mass is 28.4. The second kappa shape index (κ2) is 15.2. The Hall–Kier alpha value is -1.26. The van der Waals surface area contributed by atoms with Crippen LogP contribution in [0.3, 0.4) is 0 Å². The van der Waals surface area contributed by atoms with Crippen molar-refractivity contribution in [3.63, 3.8) is 0 Å². The lowest BCUT2D eigenvalue weighted by Gasteiger charge is -2.51. The molecule has 5 nitrogen and oxygen atoms in total. The number of esters is 1. The van der Waals surface area contributed by atoms with Gasteiger partial charge in [-0.15, -0.1) is 0 Å². The fraction of sp³-hybridized carbons (Fsp3) is 0.791. The largest absolute Gasteiger partial charge is 0.458 e. The quantitative estimate of drug-likeness (QED) is 0.0737. The molecule has 1 unspecified atom stereocenters. The van der Waals surface area contributed by atoms with Crippen molar-refractivity contribution in [3.8, 4) is 0 Å². The highest BCUT2D eigenvalue weighted by Gasteiger charge is 2.52. The van der Waals surface area contributed by atoms with Crippen molar-refractivity contribution in [3.05, 3.63) is 47.1 Å². The second-order valence-corrected chi connectivity index (χ2v) is 29.2. The molecule has 50 heavy (non-hydrogen) atoms. The van der Waals surface area contributed by atoms with E-state index < -0.39 is 28.0 Å². The molecule has 4 atom stereocenters. The van der Waals surface area contributed by atoms with Gasteiger partial charge in [-0.2, -0.15) is 0 Å². The Morgan fingerprint density at radius 3 is 2.12 bits per heavy atom. The van der Waals surface area contributed by atoms with E-state index in [0.717, 1.165) is 56.1 Å². The Balaban J connectivity index is 1.73. The number of ether oxygens (including phenoxy) is 2. The SMILES string of the molecule is C=C1C(=CC=C2CCC[C@]3(C)C(CC)=CC[C@@H]23)C[C@](OCC(=O)OC2(C)CCCCCC2)(O[Si](C)(C)C(C)(C)C)CC1O[Si](C)(C)C(C)(C)C. The number of carbonyl (C=O) groups is 1. The van der Waals surface area contributed by atoms with Gasteiger partial charge in [-0.25, -0.2) is 4.79 Å². The number of hydrogen-bond acceptors (Lipinski definition) is 5. The molecule has 0 radical (unpaired) electrons. The Morgan fingerprint density at radius 1 is 0.920 bits per heavy atom. The van der Waals surface area contributed by atoms with Gasteiger partial charge in [0.05, 0.1) is 6.10 Å². The molecule has 0 aromatic heterocycles. The molecule has 0 aromatic rings. The molecule has 0 spiro atoms. The van der Waals surface area contributed by atoms with Crippen LogP contribution in [-0.4, -0.2) is 46.7 Å². The molecule has 4 rings (SSSR count). The Bertz CT molecular complexity index is 1330. The molecule has 0 aromatic carbocycles. The van der Waals surface area contributed by atoms with Crippen molar-refractivity contribution >= 4 is 22.6 Å². The number of hydrogen-bond donors (Lipinski definition) is 0. The zero-order chi connectivity index (χ0) is 37.4. The van der Waals surface area contributed by atoms with Crippen LogP contribution in [0.15, 0.2) is 47.1 Å². The van der Waals surface area contributed by atoms with Gasteiger partial charge in [-0.1, -0.05) is 104 Å². The van der Waals surface area contributed by atoms with Crippen LogP contribution in [0.4, 0.5) is 0 Å². The number of rotatable bonds is 10. The molecule has 0 bridgehead atoms. The van der Waals surface area contributed by atoms with Crippen LogP contribution >= 0.6 is 0 Å². The smallest absolute Gasteiger partial charge is 0.332 e. The van der Waals surface area contributed by atoms with Gasteiger partial charge in [-0.05, 0) is 123 Å². The summed E-state index contributed by atoms with van der Waals surface area (Å²) in [5.74, 6) is -0.770. The van der Waals surface area contributed by atoms with Crippen LogP contribution < -0.4 is 0 Å². The number of allylic oxidation sites excluding steroid dienone is 5. The van der Waals surface area contributed by atoms with E-state index >= 15 is 0 Å². The summed E-state index contributed by atoms with van der Waals surface area (Å²) in [4.78, 5) is 13.6. The zero-order valence-electron chi connectivity index (χ0n) is 34.5. The maximum absolute atomic E-state index is 13.6. The van der Waals surface area contributed by atoms with Crippen LogP contribution in [0, 0.1) is 11.3 Å². The molecule has 0 heterocycles. The molecular formula is C43H74O5Si2. The van der Waals surface area contributed by atoms with E-state index in [2.05, 4.69) is 107 Å². The summed E-state index contributed by atoms with van der Waals surface area (Å²) in [5, 5.41) is -0.0237. The van der Waals surface area contributed by atoms with Crippen LogP contribution in [0.1, 0.15) is 146 Å². The summed E-state index contributed by atoms with van der Waals surface area (Å²) >= 11 is 0. The van der Waals surface area contributed by atoms with Crippen molar-refractivity contribution < 1.29 is 23.1 Å². The first kappa shape index (κ1) is 41.5. The molecule has 4 aliphatic carbocycles. The maximum atomic E-state index is 13.6. The molecule has 284 valence electrons. The van der Waals surface area contributed by atoms with E-state index in [9.17, 15) is 4.79 Å². The molecule has 0 N–H and O–H groups in total. The van der Waals surface area contributed by atoms with Crippen molar-refractivity contribution in [2.45, 2.75) is 200 Å². The van der Waals surface area contributed by atoms with Gasteiger partial charge >= 0.3 is 5.97 Å². The lowest BCUT2D eigenvalue weighted by Crippen LogP contribution is -2.56. The first-order valence-corrected chi connectivity index (χ1v) is 25.8. The summed E-state index contributed by atoms with van der Waals surface area (Å²) in [6.45, 7) is 34.3. The van der Waals surface area contributed by atoms with Crippen molar-refractivity contribution in [2.75, 3.05) is 6.61 Å². The standard InChI is InChI=1S/C43H74O5Si2/c1-15-35-24-25-36-33(21-20-28-42(35,36)10)22-23-34-29-43(48-50(13,14)40(6,7)8,30-37(32(34)2)47-49(11,12)39(3,4)5)45-31-38(44)46-41(9)26-18-16-17-19-27-41/h22-24,36-37H,2,15-21,25-31H2,1,3-14H3/t36-,37?,42+,43-/m0/s1. The van der Waals surface area contributed by atoms with Crippen LogP contribution in [-0.2, 0) is 23.1 Å². The number of fused-ring (bicyclic) bond motifs is 1. The highest BCUT2D eigenvalue weighted by Crippen LogP contribution is 2.56. The highest BCUT2D eigenvalue weighted by molar-refractivity contribution is 6.74. The Labute approximate surface area is 309 Å². The van der Waals surface area contributed by atoms with E-state index in [0.29, 0.717) is 18.8 Å². The number of carbonyl (C=O) groups excluding carboxylic acids is 1. The predicted octanol–water partition coefficient (Wildman–Crippen LogP) is 12.5. The lowest BCUT2D eigenvalue weighted by atomic mass is 9.64. The summed E-state index contributed by atoms with van der Waals surface area (Å²) < 4.78 is 27.6.